The second-order valence-corrected chi connectivity index (χ2v) is 7.78. The zero-order valence-corrected chi connectivity index (χ0v) is 14.2. The molecule has 2 saturated carbocycles. The third-order valence-corrected chi connectivity index (χ3v) is 6.19. The Morgan fingerprint density at radius 3 is 2.91 bits per heavy atom. The molecule has 2 fully saturated rings. The molecular formula is C18H22N2O2S. The first-order valence-electron chi connectivity index (χ1n) is 8.50. The fraction of sp³-hybridized carbons (Fsp3) is 0.556. The van der Waals surface area contributed by atoms with Gasteiger partial charge >= 0.3 is 0 Å². The smallest absolute Gasteiger partial charge is 0.229 e. The third-order valence-electron chi connectivity index (χ3n) is 5.26. The molecule has 0 bridgehead atoms. The molecule has 1 aromatic carbocycles. The van der Waals surface area contributed by atoms with Crippen LogP contribution < -0.4 is 10.1 Å². The topological polar surface area (TPSA) is 51.2 Å². The van der Waals surface area contributed by atoms with Crippen molar-refractivity contribution >= 4 is 32.6 Å². The van der Waals surface area contributed by atoms with Crippen LogP contribution in [0.15, 0.2) is 18.2 Å². The minimum atomic E-state index is 0.159. The van der Waals surface area contributed by atoms with Crippen LogP contribution in [0.2, 0.25) is 0 Å². The summed E-state index contributed by atoms with van der Waals surface area (Å²) in [6.45, 7) is 0. The number of anilines is 1. The number of fused-ring (bicyclic) bond motifs is 1. The molecule has 5 heteroatoms. The van der Waals surface area contributed by atoms with Gasteiger partial charge in [0.25, 0.3) is 0 Å². The Balaban J connectivity index is 1.41. The second-order valence-electron chi connectivity index (χ2n) is 6.75. The van der Waals surface area contributed by atoms with Gasteiger partial charge in [0.05, 0.1) is 17.3 Å². The summed E-state index contributed by atoms with van der Waals surface area (Å²) < 4.78 is 6.27. The van der Waals surface area contributed by atoms with E-state index in [9.17, 15) is 4.79 Å². The molecule has 1 N–H and O–H groups in total. The van der Waals surface area contributed by atoms with Gasteiger partial charge < -0.3 is 10.1 Å². The Morgan fingerprint density at radius 1 is 1.30 bits per heavy atom. The summed E-state index contributed by atoms with van der Waals surface area (Å²) >= 11 is 1.51. The van der Waals surface area contributed by atoms with E-state index in [1.54, 1.807) is 7.11 Å². The molecule has 2 aromatic rings. The number of nitrogens with zero attached hydrogens (tertiary/aromatic N) is 1. The molecule has 1 aromatic heterocycles. The lowest BCUT2D eigenvalue weighted by Gasteiger charge is -2.21. The molecule has 1 heterocycles. The molecule has 2 aliphatic rings. The zero-order chi connectivity index (χ0) is 15.8. The van der Waals surface area contributed by atoms with Gasteiger partial charge in [-0.1, -0.05) is 43.4 Å². The van der Waals surface area contributed by atoms with Gasteiger partial charge in [-0.3, -0.25) is 4.79 Å². The Hall–Kier alpha value is -1.62. The van der Waals surface area contributed by atoms with Crippen LogP contribution in [0.5, 0.6) is 5.75 Å². The van der Waals surface area contributed by atoms with Crippen LogP contribution in [-0.4, -0.2) is 18.0 Å². The number of hydrogen-bond donors (Lipinski definition) is 1. The van der Waals surface area contributed by atoms with E-state index in [1.807, 2.05) is 18.2 Å². The van der Waals surface area contributed by atoms with E-state index in [1.165, 1.54) is 43.4 Å². The Morgan fingerprint density at radius 2 is 2.13 bits per heavy atom. The van der Waals surface area contributed by atoms with Crippen molar-refractivity contribution in [3.05, 3.63) is 18.2 Å². The number of hydrogen-bond acceptors (Lipinski definition) is 4. The van der Waals surface area contributed by atoms with Gasteiger partial charge in [-0.2, -0.15) is 0 Å². The highest BCUT2D eigenvalue weighted by Gasteiger charge is 2.47. The summed E-state index contributed by atoms with van der Waals surface area (Å²) in [4.78, 5) is 17.0. The zero-order valence-electron chi connectivity index (χ0n) is 13.4. The van der Waals surface area contributed by atoms with Crippen LogP contribution >= 0.6 is 11.3 Å². The number of thiazole rings is 1. The fourth-order valence-corrected chi connectivity index (χ4v) is 4.78. The van der Waals surface area contributed by atoms with Gasteiger partial charge in [0, 0.05) is 5.92 Å². The van der Waals surface area contributed by atoms with Crippen molar-refractivity contribution in [2.75, 3.05) is 12.4 Å². The van der Waals surface area contributed by atoms with E-state index in [0.29, 0.717) is 11.0 Å². The Bertz CT molecular complexity index is 721. The predicted octanol–water partition coefficient (Wildman–Crippen LogP) is 4.46. The number of benzene rings is 1. The molecule has 4 nitrogen and oxygen atoms in total. The molecule has 23 heavy (non-hydrogen) atoms. The van der Waals surface area contributed by atoms with Crippen LogP contribution in [0.4, 0.5) is 5.13 Å². The highest BCUT2D eigenvalue weighted by Crippen LogP contribution is 2.49. The van der Waals surface area contributed by atoms with E-state index < -0.39 is 0 Å². The summed E-state index contributed by atoms with van der Waals surface area (Å²) in [6.07, 6.45) is 7.75. The van der Waals surface area contributed by atoms with Gasteiger partial charge in [-0.15, -0.1) is 0 Å². The number of nitrogens with one attached hydrogen (secondary N) is 1. The van der Waals surface area contributed by atoms with Crippen molar-refractivity contribution in [1.29, 1.82) is 0 Å². The van der Waals surface area contributed by atoms with E-state index >= 15 is 0 Å². The first-order chi connectivity index (χ1) is 11.2. The van der Waals surface area contributed by atoms with Crippen LogP contribution in [0.25, 0.3) is 10.2 Å². The van der Waals surface area contributed by atoms with Crippen molar-refractivity contribution in [2.45, 2.75) is 38.5 Å². The molecular weight excluding hydrogens is 308 g/mol. The highest BCUT2D eigenvalue weighted by atomic mass is 32.1. The monoisotopic (exact) mass is 330 g/mol. The number of carbonyl (C=O) groups is 1. The Labute approximate surface area is 140 Å². The van der Waals surface area contributed by atoms with Crippen LogP contribution in [-0.2, 0) is 4.79 Å². The molecule has 2 atom stereocenters. The second kappa shape index (κ2) is 6.11. The molecule has 0 unspecified atom stereocenters. The third kappa shape index (κ3) is 3.07. The first kappa shape index (κ1) is 14.9. The lowest BCUT2D eigenvalue weighted by Crippen LogP contribution is -2.18. The summed E-state index contributed by atoms with van der Waals surface area (Å²) in [5.74, 6) is 2.58. The summed E-state index contributed by atoms with van der Waals surface area (Å²) in [7, 11) is 1.66. The average molecular weight is 330 g/mol. The minimum absolute atomic E-state index is 0.159. The lowest BCUT2D eigenvalue weighted by atomic mass is 9.85. The molecule has 4 rings (SSSR count). The molecule has 0 radical (unpaired) electrons. The van der Waals surface area contributed by atoms with E-state index in [-0.39, 0.29) is 11.8 Å². The first-order valence-corrected chi connectivity index (χ1v) is 9.31. The number of aromatic nitrogens is 1. The van der Waals surface area contributed by atoms with Gasteiger partial charge in [0.2, 0.25) is 5.91 Å². The molecule has 0 saturated heterocycles. The summed E-state index contributed by atoms with van der Waals surface area (Å²) in [6, 6.07) is 5.79. The van der Waals surface area contributed by atoms with E-state index in [2.05, 4.69) is 10.3 Å². The van der Waals surface area contributed by atoms with Crippen molar-refractivity contribution < 1.29 is 9.53 Å². The number of amides is 1. The summed E-state index contributed by atoms with van der Waals surface area (Å²) in [5, 5.41) is 3.73. The van der Waals surface area contributed by atoms with E-state index in [0.717, 1.165) is 28.3 Å². The fourth-order valence-electron chi connectivity index (χ4n) is 3.88. The quantitative estimate of drug-likeness (QED) is 0.900. The maximum atomic E-state index is 12.5. The predicted molar refractivity (Wildman–Crippen MR) is 93.0 cm³/mol. The number of carbonyl (C=O) groups excluding carboxylic acids is 1. The standard InChI is InChI=1S/C18H22N2O2S/c1-22-12-7-8-15-16(9-12)23-18(19-15)20-17(21)14-10-13(14)11-5-3-2-4-6-11/h7-9,11,13-14H,2-6,10H2,1H3,(H,19,20,21)/t13-,14+/m1/s1. The minimum Gasteiger partial charge on any atom is -0.497 e. The maximum Gasteiger partial charge on any atom is 0.229 e. The summed E-state index contributed by atoms with van der Waals surface area (Å²) in [5.41, 5.74) is 0.908. The molecule has 122 valence electrons. The number of ether oxygens (including phenoxy) is 1. The van der Waals surface area contributed by atoms with Gasteiger partial charge in [0.1, 0.15) is 5.75 Å². The maximum absolute atomic E-state index is 12.5. The van der Waals surface area contributed by atoms with E-state index in [4.69, 9.17) is 4.74 Å². The molecule has 0 aliphatic heterocycles. The average Bonchev–Trinajstić information content (AvgIpc) is 3.29. The van der Waals surface area contributed by atoms with Gasteiger partial charge in [0.15, 0.2) is 5.13 Å². The van der Waals surface area contributed by atoms with Crippen LogP contribution in [0.3, 0.4) is 0 Å². The molecule has 0 spiro atoms. The molecule has 1 amide bonds. The van der Waals surface area contributed by atoms with Crippen molar-refractivity contribution in [1.82, 2.24) is 4.98 Å². The molecule has 2 aliphatic carbocycles. The highest BCUT2D eigenvalue weighted by molar-refractivity contribution is 7.22. The lowest BCUT2D eigenvalue weighted by molar-refractivity contribution is -0.117. The number of rotatable bonds is 4. The number of methoxy groups -OCH3 is 1. The SMILES string of the molecule is COc1ccc2nc(NC(=O)[C@H]3C[C@@H]3C3CCCCC3)sc2c1. The van der Waals surface area contributed by atoms with Crippen molar-refractivity contribution in [3.63, 3.8) is 0 Å². The van der Waals surface area contributed by atoms with Crippen molar-refractivity contribution in [3.8, 4) is 5.75 Å². The normalized spacial score (nSPS) is 24.6. The Kier molecular flexibility index (Phi) is 3.97. The largest absolute Gasteiger partial charge is 0.497 e. The van der Waals surface area contributed by atoms with Gasteiger partial charge in [-0.25, -0.2) is 4.98 Å². The van der Waals surface area contributed by atoms with Crippen LogP contribution in [0, 0.1) is 17.8 Å². The van der Waals surface area contributed by atoms with Crippen LogP contribution in [0.1, 0.15) is 38.5 Å². The van der Waals surface area contributed by atoms with Gasteiger partial charge in [-0.05, 0) is 36.5 Å². The van der Waals surface area contributed by atoms with Crippen molar-refractivity contribution in [2.24, 2.45) is 17.8 Å².